The molecule has 0 aromatic carbocycles. The van der Waals surface area contributed by atoms with Gasteiger partial charge in [-0.25, -0.2) is 9.48 Å². The SMILES string of the molecule is CCCc1c(C(=O)O)nnn1Cc1noc(C)n1. The molecule has 0 radical (unpaired) electrons. The second kappa shape index (κ2) is 4.94. The van der Waals surface area contributed by atoms with E-state index in [0.29, 0.717) is 23.8 Å². The summed E-state index contributed by atoms with van der Waals surface area (Å²) >= 11 is 0. The number of hydrogen-bond donors (Lipinski definition) is 1. The summed E-state index contributed by atoms with van der Waals surface area (Å²) in [6.07, 6.45) is 1.39. The normalized spacial score (nSPS) is 10.8. The van der Waals surface area contributed by atoms with Crippen LogP contribution in [0.15, 0.2) is 4.52 Å². The molecule has 0 atom stereocenters. The van der Waals surface area contributed by atoms with E-state index in [1.807, 2.05) is 6.92 Å². The van der Waals surface area contributed by atoms with Gasteiger partial charge in [0, 0.05) is 6.92 Å². The van der Waals surface area contributed by atoms with Gasteiger partial charge in [-0.2, -0.15) is 4.98 Å². The summed E-state index contributed by atoms with van der Waals surface area (Å²) in [5, 5.41) is 20.2. The molecule has 0 spiro atoms. The third-order valence-corrected chi connectivity index (χ3v) is 2.39. The van der Waals surface area contributed by atoms with E-state index in [9.17, 15) is 4.79 Å². The molecule has 2 rings (SSSR count). The molecule has 2 aromatic heterocycles. The number of carboxylic acids is 1. The van der Waals surface area contributed by atoms with Gasteiger partial charge in [-0.3, -0.25) is 0 Å². The summed E-state index contributed by atoms with van der Waals surface area (Å²) in [6, 6.07) is 0. The van der Waals surface area contributed by atoms with Crippen LogP contribution in [0.5, 0.6) is 0 Å². The lowest BCUT2D eigenvalue weighted by Crippen LogP contribution is -2.10. The number of aromatic nitrogens is 5. The number of aryl methyl sites for hydroxylation is 1. The Morgan fingerprint density at radius 3 is 2.83 bits per heavy atom. The summed E-state index contributed by atoms with van der Waals surface area (Å²) in [7, 11) is 0. The predicted molar refractivity (Wildman–Crippen MR) is 59.1 cm³/mol. The number of hydrogen-bond acceptors (Lipinski definition) is 6. The molecule has 0 bridgehead atoms. The van der Waals surface area contributed by atoms with E-state index in [1.165, 1.54) is 4.68 Å². The van der Waals surface area contributed by atoms with Gasteiger partial charge in [0.25, 0.3) is 0 Å². The van der Waals surface area contributed by atoms with Crippen LogP contribution in [0, 0.1) is 6.92 Å². The Morgan fingerprint density at radius 1 is 1.50 bits per heavy atom. The lowest BCUT2D eigenvalue weighted by Gasteiger charge is -2.02. The zero-order chi connectivity index (χ0) is 13.1. The Labute approximate surface area is 103 Å². The topological polar surface area (TPSA) is 107 Å². The maximum atomic E-state index is 11.0. The van der Waals surface area contributed by atoms with E-state index in [-0.39, 0.29) is 12.2 Å². The van der Waals surface area contributed by atoms with Crippen LogP contribution in [-0.4, -0.2) is 36.2 Å². The van der Waals surface area contributed by atoms with Crippen molar-refractivity contribution in [2.24, 2.45) is 0 Å². The average molecular weight is 251 g/mol. The molecule has 0 saturated carbocycles. The van der Waals surface area contributed by atoms with Gasteiger partial charge in [-0.1, -0.05) is 23.7 Å². The minimum atomic E-state index is -1.08. The molecule has 1 N–H and O–H groups in total. The van der Waals surface area contributed by atoms with Crippen LogP contribution in [0.2, 0.25) is 0 Å². The van der Waals surface area contributed by atoms with Crippen LogP contribution in [0.3, 0.4) is 0 Å². The number of rotatable bonds is 5. The van der Waals surface area contributed by atoms with Gasteiger partial charge in [0.15, 0.2) is 11.5 Å². The van der Waals surface area contributed by atoms with Crippen LogP contribution >= 0.6 is 0 Å². The molecule has 8 heteroatoms. The van der Waals surface area contributed by atoms with Gasteiger partial charge >= 0.3 is 5.97 Å². The molecule has 18 heavy (non-hydrogen) atoms. The second-order valence-corrected chi connectivity index (χ2v) is 3.83. The maximum Gasteiger partial charge on any atom is 0.358 e. The van der Waals surface area contributed by atoms with Crippen molar-refractivity contribution < 1.29 is 14.4 Å². The van der Waals surface area contributed by atoms with Crippen LogP contribution in [0.1, 0.15) is 41.2 Å². The third kappa shape index (κ3) is 2.36. The second-order valence-electron chi connectivity index (χ2n) is 3.83. The molecule has 96 valence electrons. The van der Waals surface area contributed by atoms with Crippen molar-refractivity contribution in [3.63, 3.8) is 0 Å². The van der Waals surface area contributed by atoms with Crippen molar-refractivity contribution >= 4 is 5.97 Å². The highest BCUT2D eigenvalue weighted by atomic mass is 16.5. The van der Waals surface area contributed by atoms with E-state index in [4.69, 9.17) is 9.63 Å². The molecular formula is C10H13N5O3. The van der Waals surface area contributed by atoms with Crippen LogP contribution < -0.4 is 0 Å². The molecule has 0 aliphatic carbocycles. The van der Waals surface area contributed by atoms with Gasteiger partial charge in [0.1, 0.15) is 6.54 Å². The first-order valence-electron chi connectivity index (χ1n) is 5.56. The summed E-state index contributed by atoms with van der Waals surface area (Å²) in [5.74, 6) is -0.165. The molecule has 0 unspecified atom stereocenters. The smallest absolute Gasteiger partial charge is 0.358 e. The van der Waals surface area contributed by atoms with Crippen molar-refractivity contribution in [2.45, 2.75) is 33.2 Å². The Morgan fingerprint density at radius 2 is 2.28 bits per heavy atom. The maximum absolute atomic E-state index is 11.0. The average Bonchev–Trinajstić information content (AvgIpc) is 2.88. The number of carboxylic acid groups (broad SMARTS) is 1. The lowest BCUT2D eigenvalue weighted by molar-refractivity contribution is 0.0689. The molecule has 0 saturated heterocycles. The van der Waals surface area contributed by atoms with Crippen LogP contribution in [0.25, 0.3) is 0 Å². The quantitative estimate of drug-likeness (QED) is 0.831. The monoisotopic (exact) mass is 251 g/mol. The van der Waals surface area contributed by atoms with Crippen molar-refractivity contribution in [2.75, 3.05) is 0 Å². The Kier molecular flexibility index (Phi) is 3.35. The van der Waals surface area contributed by atoms with E-state index in [0.717, 1.165) is 6.42 Å². The zero-order valence-corrected chi connectivity index (χ0v) is 10.1. The van der Waals surface area contributed by atoms with Crippen molar-refractivity contribution in [3.8, 4) is 0 Å². The fraction of sp³-hybridized carbons (Fsp3) is 0.500. The summed E-state index contributed by atoms with van der Waals surface area (Å²) in [4.78, 5) is 15.0. The Hall–Kier alpha value is -2.25. The van der Waals surface area contributed by atoms with Gasteiger partial charge in [-0.05, 0) is 6.42 Å². The molecule has 0 amide bonds. The molecule has 0 aliphatic rings. The molecule has 8 nitrogen and oxygen atoms in total. The molecular weight excluding hydrogens is 238 g/mol. The minimum Gasteiger partial charge on any atom is -0.476 e. The summed E-state index contributed by atoms with van der Waals surface area (Å²) in [6.45, 7) is 3.90. The van der Waals surface area contributed by atoms with Crippen LogP contribution in [-0.2, 0) is 13.0 Å². The van der Waals surface area contributed by atoms with E-state index >= 15 is 0 Å². The predicted octanol–water partition coefficient (Wildman–Crippen LogP) is 0.669. The molecule has 0 aliphatic heterocycles. The number of nitrogens with zero attached hydrogens (tertiary/aromatic N) is 5. The van der Waals surface area contributed by atoms with E-state index < -0.39 is 5.97 Å². The third-order valence-electron chi connectivity index (χ3n) is 2.39. The summed E-state index contributed by atoms with van der Waals surface area (Å²) < 4.78 is 6.35. The number of carbonyl (C=O) groups is 1. The van der Waals surface area contributed by atoms with Gasteiger partial charge in [0.05, 0.1) is 5.69 Å². The fourth-order valence-electron chi connectivity index (χ4n) is 1.65. The van der Waals surface area contributed by atoms with Gasteiger partial charge in [0.2, 0.25) is 5.89 Å². The standard InChI is InChI=1S/C10H13N5O3/c1-3-4-7-9(10(16)17)12-14-15(7)5-8-11-6(2)18-13-8/h3-5H2,1-2H3,(H,16,17). The highest BCUT2D eigenvalue weighted by Gasteiger charge is 2.19. The highest BCUT2D eigenvalue weighted by molar-refractivity contribution is 5.86. The fourth-order valence-corrected chi connectivity index (χ4v) is 1.65. The lowest BCUT2D eigenvalue weighted by atomic mass is 10.2. The van der Waals surface area contributed by atoms with Crippen molar-refractivity contribution in [1.29, 1.82) is 0 Å². The molecule has 2 aromatic rings. The first kappa shape index (κ1) is 12.2. The summed E-state index contributed by atoms with van der Waals surface area (Å²) in [5.41, 5.74) is 0.560. The Balaban J connectivity index is 2.29. The van der Waals surface area contributed by atoms with E-state index in [1.54, 1.807) is 6.92 Å². The Bertz CT molecular complexity index is 560. The molecule has 0 fully saturated rings. The highest BCUT2D eigenvalue weighted by Crippen LogP contribution is 2.10. The van der Waals surface area contributed by atoms with Crippen molar-refractivity contribution in [1.82, 2.24) is 25.1 Å². The largest absolute Gasteiger partial charge is 0.476 e. The van der Waals surface area contributed by atoms with Gasteiger partial charge < -0.3 is 9.63 Å². The first-order valence-corrected chi connectivity index (χ1v) is 5.56. The van der Waals surface area contributed by atoms with Gasteiger partial charge in [-0.15, -0.1) is 5.10 Å². The molecule has 2 heterocycles. The van der Waals surface area contributed by atoms with E-state index in [2.05, 4.69) is 20.5 Å². The van der Waals surface area contributed by atoms with Crippen LogP contribution in [0.4, 0.5) is 0 Å². The van der Waals surface area contributed by atoms with Crippen molar-refractivity contribution in [3.05, 3.63) is 23.1 Å². The zero-order valence-electron chi connectivity index (χ0n) is 10.1. The number of aromatic carboxylic acids is 1. The minimum absolute atomic E-state index is 0.0166. The first-order chi connectivity index (χ1) is 8.61.